The van der Waals surface area contributed by atoms with Crippen LogP contribution in [0.4, 0.5) is 0 Å². The Balaban J connectivity index is 1.79. The summed E-state index contributed by atoms with van der Waals surface area (Å²) in [6, 6.07) is 7.22. The number of nitrogens with one attached hydrogen (secondary N) is 1. The number of ether oxygens (including phenoxy) is 2. The molecule has 0 aromatic heterocycles. The average molecular weight is 249 g/mol. The van der Waals surface area contributed by atoms with Gasteiger partial charge < -0.3 is 14.8 Å². The van der Waals surface area contributed by atoms with E-state index in [0.717, 1.165) is 26.0 Å². The fraction of sp³-hybridized carbons (Fsp3) is 0.500. The highest BCUT2D eigenvalue weighted by Crippen LogP contribution is 2.13. The molecule has 18 heavy (non-hydrogen) atoms. The summed E-state index contributed by atoms with van der Waals surface area (Å²) < 4.78 is 10.6. The van der Waals surface area contributed by atoms with Crippen LogP contribution in [0.5, 0.6) is 5.75 Å². The zero-order valence-electron chi connectivity index (χ0n) is 10.6. The lowest BCUT2D eigenvalue weighted by atomic mass is 10.1. The highest BCUT2D eigenvalue weighted by Gasteiger charge is 2.15. The quantitative estimate of drug-likeness (QED) is 0.779. The van der Waals surface area contributed by atoms with E-state index in [1.165, 1.54) is 0 Å². The molecule has 1 atom stereocenters. The Labute approximate surface area is 107 Å². The highest BCUT2D eigenvalue weighted by molar-refractivity contribution is 5.97. The van der Waals surface area contributed by atoms with Gasteiger partial charge in [0.2, 0.25) is 0 Å². The molecule has 0 radical (unpaired) electrons. The van der Waals surface area contributed by atoms with Crippen LogP contribution in [0.3, 0.4) is 0 Å². The highest BCUT2D eigenvalue weighted by atomic mass is 16.5. The Morgan fingerprint density at radius 3 is 3.17 bits per heavy atom. The van der Waals surface area contributed by atoms with Crippen LogP contribution in [-0.4, -0.2) is 38.7 Å². The lowest BCUT2D eigenvalue weighted by Crippen LogP contribution is -2.30. The van der Waals surface area contributed by atoms with E-state index in [1.54, 1.807) is 19.2 Å². The first-order valence-electron chi connectivity index (χ1n) is 6.29. The molecular weight excluding hydrogens is 230 g/mol. The summed E-state index contributed by atoms with van der Waals surface area (Å²) >= 11 is 0. The lowest BCUT2D eigenvalue weighted by molar-refractivity contribution is 0.0955. The number of hydrogen-bond acceptors (Lipinski definition) is 4. The monoisotopic (exact) mass is 249 g/mol. The van der Waals surface area contributed by atoms with Crippen molar-refractivity contribution in [3.63, 3.8) is 0 Å². The minimum atomic E-state index is 0.0758. The number of carbonyl (C=O) groups excluding carboxylic acids is 1. The largest absolute Gasteiger partial charge is 0.497 e. The van der Waals surface area contributed by atoms with E-state index >= 15 is 0 Å². The van der Waals surface area contributed by atoms with Crippen molar-refractivity contribution in [2.45, 2.75) is 18.9 Å². The lowest BCUT2D eigenvalue weighted by Gasteiger charge is -2.10. The Hall–Kier alpha value is -1.39. The van der Waals surface area contributed by atoms with Crippen LogP contribution in [0.2, 0.25) is 0 Å². The molecule has 0 bridgehead atoms. The van der Waals surface area contributed by atoms with Crippen molar-refractivity contribution < 1.29 is 14.3 Å². The summed E-state index contributed by atoms with van der Waals surface area (Å²) in [6.45, 7) is 1.93. The van der Waals surface area contributed by atoms with Gasteiger partial charge in [0.15, 0.2) is 5.78 Å². The van der Waals surface area contributed by atoms with Gasteiger partial charge in [-0.3, -0.25) is 4.79 Å². The van der Waals surface area contributed by atoms with Gasteiger partial charge in [-0.2, -0.15) is 0 Å². The summed E-state index contributed by atoms with van der Waals surface area (Å²) in [5.74, 6) is 0.784. The van der Waals surface area contributed by atoms with Crippen molar-refractivity contribution in [3.05, 3.63) is 29.8 Å². The van der Waals surface area contributed by atoms with Crippen molar-refractivity contribution in [2.75, 3.05) is 26.8 Å². The molecule has 1 N–H and O–H groups in total. The number of methoxy groups -OCH3 is 1. The molecule has 2 rings (SSSR count). The van der Waals surface area contributed by atoms with E-state index < -0.39 is 0 Å². The molecular formula is C14H19NO3. The average Bonchev–Trinajstić information content (AvgIpc) is 2.92. The summed E-state index contributed by atoms with van der Waals surface area (Å²) in [5, 5.41) is 3.15. The second kappa shape index (κ2) is 6.52. The van der Waals surface area contributed by atoms with Crippen LogP contribution in [0.15, 0.2) is 24.3 Å². The fourth-order valence-corrected chi connectivity index (χ4v) is 2.05. The number of rotatable bonds is 6. The third kappa shape index (κ3) is 3.55. The summed E-state index contributed by atoms with van der Waals surface area (Å²) in [6.07, 6.45) is 2.47. The van der Waals surface area contributed by atoms with Gasteiger partial charge in [-0.1, -0.05) is 12.1 Å². The minimum absolute atomic E-state index is 0.0758. The Bertz CT molecular complexity index is 400. The van der Waals surface area contributed by atoms with Crippen molar-refractivity contribution in [3.8, 4) is 5.75 Å². The first kappa shape index (κ1) is 13.1. The molecule has 1 saturated heterocycles. The van der Waals surface area contributed by atoms with Crippen molar-refractivity contribution in [1.82, 2.24) is 5.32 Å². The number of carbonyl (C=O) groups is 1. The van der Waals surface area contributed by atoms with E-state index in [4.69, 9.17) is 9.47 Å². The standard InChI is InChI=1S/C14H19NO3/c1-17-12-5-2-4-11(8-12)14(16)10-15-9-13-6-3-7-18-13/h2,4-5,8,13,15H,3,6-7,9-10H2,1H3. The van der Waals surface area contributed by atoms with E-state index in [1.807, 2.05) is 12.1 Å². The maximum atomic E-state index is 11.9. The van der Waals surface area contributed by atoms with E-state index in [2.05, 4.69) is 5.32 Å². The molecule has 0 spiro atoms. The maximum Gasteiger partial charge on any atom is 0.176 e. The number of Topliss-reactive ketones (excluding diaryl/α,β-unsaturated/α-hetero) is 1. The van der Waals surface area contributed by atoms with Crippen LogP contribution >= 0.6 is 0 Å². The molecule has 1 unspecified atom stereocenters. The van der Waals surface area contributed by atoms with E-state index in [0.29, 0.717) is 17.9 Å². The first-order valence-corrected chi connectivity index (χ1v) is 6.29. The molecule has 1 aliphatic heterocycles. The van der Waals surface area contributed by atoms with Crippen LogP contribution in [0.25, 0.3) is 0 Å². The predicted octanol–water partition coefficient (Wildman–Crippen LogP) is 1.65. The smallest absolute Gasteiger partial charge is 0.176 e. The molecule has 1 fully saturated rings. The fourth-order valence-electron chi connectivity index (χ4n) is 2.05. The van der Waals surface area contributed by atoms with Gasteiger partial charge in [-0.05, 0) is 25.0 Å². The maximum absolute atomic E-state index is 11.9. The van der Waals surface area contributed by atoms with Crippen LogP contribution in [0.1, 0.15) is 23.2 Å². The topological polar surface area (TPSA) is 47.6 Å². The first-order chi connectivity index (χ1) is 8.79. The van der Waals surface area contributed by atoms with Gasteiger partial charge in [0.05, 0.1) is 19.8 Å². The van der Waals surface area contributed by atoms with Gasteiger partial charge in [0.25, 0.3) is 0 Å². The molecule has 1 aromatic rings. The number of hydrogen-bond donors (Lipinski definition) is 1. The SMILES string of the molecule is COc1cccc(C(=O)CNCC2CCCO2)c1. The molecule has 1 aromatic carbocycles. The molecule has 1 aliphatic rings. The minimum Gasteiger partial charge on any atom is -0.497 e. The number of ketones is 1. The summed E-state index contributed by atoms with van der Waals surface area (Å²) in [5.41, 5.74) is 0.675. The van der Waals surface area contributed by atoms with Crippen molar-refractivity contribution >= 4 is 5.78 Å². The third-order valence-corrected chi connectivity index (χ3v) is 3.07. The van der Waals surface area contributed by atoms with Gasteiger partial charge >= 0.3 is 0 Å². The van der Waals surface area contributed by atoms with Crippen LogP contribution in [-0.2, 0) is 4.74 Å². The predicted molar refractivity (Wildman–Crippen MR) is 69.2 cm³/mol. The zero-order chi connectivity index (χ0) is 12.8. The Morgan fingerprint density at radius 1 is 1.56 bits per heavy atom. The molecule has 4 heteroatoms. The molecule has 4 nitrogen and oxygen atoms in total. The van der Waals surface area contributed by atoms with Gasteiger partial charge in [0.1, 0.15) is 5.75 Å². The summed E-state index contributed by atoms with van der Waals surface area (Å²) in [4.78, 5) is 11.9. The van der Waals surface area contributed by atoms with Crippen LogP contribution in [0, 0.1) is 0 Å². The molecule has 0 amide bonds. The van der Waals surface area contributed by atoms with Gasteiger partial charge in [-0.25, -0.2) is 0 Å². The Morgan fingerprint density at radius 2 is 2.44 bits per heavy atom. The zero-order valence-corrected chi connectivity index (χ0v) is 10.6. The van der Waals surface area contributed by atoms with Crippen LogP contribution < -0.4 is 10.1 Å². The molecule has 1 heterocycles. The molecule has 0 aliphatic carbocycles. The second-order valence-corrected chi connectivity index (χ2v) is 4.42. The number of benzene rings is 1. The van der Waals surface area contributed by atoms with Crippen molar-refractivity contribution in [1.29, 1.82) is 0 Å². The van der Waals surface area contributed by atoms with Gasteiger partial charge in [0, 0.05) is 18.7 Å². The Kier molecular flexibility index (Phi) is 4.73. The normalized spacial score (nSPS) is 18.8. The molecule has 0 saturated carbocycles. The second-order valence-electron chi connectivity index (χ2n) is 4.42. The summed E-state index contributed by atoms with van der Waals surface area (Å²) in [7, 11) is 1.60. The van der Waals surface area contributed by atoms with Gasteiger partial charge in [-0.15, -0.1) is 0 Å². The van der Waals surface area contributed by atoms with E-state index in [9.17, 15) is 4.79 Å². The van der Waals surface area contributed by atoms with Crippen molar-refractivity contribution in [2.24, 2.45) is 0 Å². The third-order valence-electron chi connectivity index (χ3n) is 3.07. The van der Waals surface area contributed by atoms with E-state index in [-0.39, 0.29) is 11.9 Å². The molecule has 98 valence electrons.